The highest BCUT2D eigenvalue weighted by Gasteiger charge is 2.28. The van der Waals surface area contributed by atoms with E-state index in [1.807, 2.05) is 56.3 Å². The van der Waals surface area contributed by atoms with E-state index in [0.717, 1.165) is 48.0 Å². The smallest absolute Gasteiger partial charge is 0.231 e. The van der Waals surface area contributed by atoms with Gasteiger partial charge in [0.05, 0.1) is 12.5 Å². The lowest BCUT2D eigenvalue weighted by Crippen LogP contribution is -2.43. The van der Waals surface area contributed by atoms with E-state index in [1.165, 1.54) is 0 Å². The van der Waals surface area contributed by atoms with Crippen LogP contribution in [0.25, 0.3) is 5.65 Å². The average molecular weight is 393 g/mol. The highest BCUT2D eigenvalue weighted by atomic mass is 16.5. The number of hydrogen-bond donors (Lipinski definition) is 1. The van der Waals surface area contributed by atoms with Crippen molar-refractivity contribution >= 4 is 17.5 Å². The molecule has 1 aliphatic rings. The minimum Gasteiger partial charge on any atom is -0.494 e. The van der Waals surface area contributed by atoms with Crippen molar-refractivity contribution < 1.29 is 9.53 Å². The quantitative estimate of drug-likeness (QED) is 0.697. The van der Waals surface area contributed by atoms with Crippen LogP contribution in [0, 0.1) is 12.8 Å². The van der Waals surface area contributed by atoms with Crippen LogP contribution in [0.2, 0.25) is 0 Å². The third kappa shape index (κ3) is 4.04. The second kappa shape index (κ2) is 8.51. The minimum absolute atomic E-state index is 0.0700. The molecule has 3 heterocycles. The second-order valence-electron chi connectivity index (χ2n) is 7.40. The molecule has 1 aliphatic heterocycles. The maximum atomic E-state index is 12.9. The maximum Gasteiger partial charge on any atom is 0.231 e. The predicted molar refractivity (Wildman–Crippen MR) is 112 cm³/mol. The minimum atomic E-state index is -0.0700. The molecule has 152 valence electrons. The number of hydrogen-bond acceptors (Lipinski definition) is 5. The summed E-state index contributed by atoms with van der Waals surface area (Å²) in [5.41, 5.74) is 2.91. The van der Waals surface area contributed by atoms with Gasteiger partial charge in [0, 0.05) is 30.9 Å². The molecule has 1 N–H and O–H groups in total. The van der Waals surface area contributed by atoms with Gasteiger partial charge in [-0.15, -0.1) is 10.2 Å². The lowest BCUT2D eigenvalue weighted by molar-refractivity contribution is -0.125. The number of carbonyl (C=O) groups excluding carboxylic acids is 1. The van der Waals surface area contributed by atoms with Crippen LogP contribution in [0.15, 0.2) is 42.5 Å². The molecule has 29 heavy (non-hydrogen) atoms. The van der Waals surface area contributed by atoms with Crippen molar-refractivity contribution in [3.63, 3.8) is 0 Å². The fraction of sp³-hybridized carbons (Fsp3) is 0.409. The van der Waals surface area contributed by atoms with E-state index in [-0.39, 0.29) is 11.8 Å². The van der Waals surface area contributed by atoms with Gasteiger partial charge in [-0.1, -0.05) is 24.3 Å². The molecule has 0 bridgehead atoms. The van der Waals surface area contributed by atoms with Gasteiger partial charge in [0.2, 0.25) is 11.9 Å². The fourth-order valence-corrected chi connectivity index (χ4v) is 3.93. The number of ether oxygens (including phenoxy) is 1. The van der Waals surface area contributed by atoms with E-state index in [2.05, 4.69) is 24.8 Å². The number of para-hydroxylation sites is 1. The van der Waals surface area contributed by atoms with Gasteiger partial charge >= 0.3 is 0 Å². The molecule has 1 atom stereocenters. The van der Waals surface area contributed by atoms with E-state index >= 15 is 0 Å². The number of benzene rings is 1. The molecular formula is C22H27N5O2. The Morgan fingerprint density at radius 3 is 2.93 bits per heavy atom. The number of aryl methyl sites for hydroxylation is 1. The number of nitrogens with one attached hydrogen (secondary N) is 1. The topological polar surface area (TPSA) is 71.8 Å². The predicted octanol–water partition coefficient (Wildman–Crippen LogP) is 2.97. The van der Waals surface area contributed by atoms with E-state index in [0.29, 0.717) is 19.7 Å². The Kier molecular flexibility index (Phi) is 5.64. The summed E-state index contributed by atoms with van der Waals surface area (Å²) in [6.07, 6.45) is 1.83. The van der Waals surface area contributed by atoms with Gasteiger partial charge in [0.25, 0.3) is 0 Å². The van der Waals surface area contributed by atoms with Crippen LogP contribution in [0.5, 0.6) is 5.75 Å². The van der Waals surface area contributed by atoms with Gasteiger partial charge in [-0.05, 0) is 44.9 Å². The number of piperidine rings is 1. The molecule has 7 nitrogen and oxygen atoms in total. The maximum absolute atomic E-state index is 12.9. The van der Waals surface area contributed by atoms with Crippen LogP contribution in [0.4, 0.5) is 5.95 Å². The number of carbonyl (C=O) groups is 1. The molecule has 1 fully saturated rings. The van der Waals surface area contributed by atoms with Crippen molar-refractivity contribution in [3.8, 4) is 5.75 Å². The van der Waals surface area contributed by atoms with Crippen LogP contribution in [-0.4, -0.2) is 40.2 Å². The van der Waals surface area contributed by atoms with E-state index in [4.69, 9.17) is 4.74 Å². The first kappa shape index (κ1) is 19.2. The Labute approximate surface area is 170 Å². The summed E-state index contributed by atoms with van der Waals surface area (Å²) in [4.78, 5) is 15.0. The number of fused-ring (bicyclic) bond motifs is 1. The summed E-state index contributed by atoms with van der Waals surface area (Å²) in [7, 11) is 0. The van der Waals surface area contributed by atoms with Crippen molar-refractivity contribution in [2.75, 3.05) is 24.6 Å². The third-order valence-corrected chi connectivity index (χ3v) is 5.41. The Morgan fingerprint density at radius 1 is 1.21 bits per heavy atom. The standard InChI is InChI=1S/C22H27N5O2/c1-3-29-19-11-5-4-9-17(19)14-23-21(28)18-10-7-13-26(15-18)22-25-24-20-12-6-8-16(2)27(20)22/h4-6,8-9,11-12,18H,3,7,10,13-15H2,1-2H3,(H,23,28). The van der Waals surface area contributed by atoms with Crippen LogP contribution in [0.1, 0.15) is 31.0 Å². The molecule has 4 rings (SSSR count). The zero-order valence-corrected chi connectivity index (χ0v) is 17.0. The molecule has 0 spiro atoms. The molecule has 0 saturated carbocycles. The van der Waals surface area contributed by atoms with Gasteiger partial charge in [-0.3, -0.25) is 9.20 Å². The first-order chi connectivity index (χ1) is 14.2. The van der Waals surface area contributed by atoms with Gasteiger partial charge in [0.1, 0.15) is 5.75 Å². The van der Waals surface area contributed by atoms with Crippen molar-refractivity contribution in [2.45, 2.75) is 33.2 Å². The first-order valence-corrected chi connectivity index (χ1v) is 10.2. The number of anilines is 1. The lowest BCUT2D eigenvalue weighted by Gasteiger charge is -2.32. The van der Waals surface area contributed by atoms with Crippen molar-refractivity contribution in [2.24, 2.45) is 5.92 Å². The summed E-state index contributed by atoms with van der Waals surface area (Å²) in [6, 6.07) is 13.8. The molecular weight excluding hydrogens is 366 g/mol. The van der Waals surface area contributed by atoms with Crippen LogP contribution < -0.4 is 15.0 Å². The van der Waals surface area contributed by atoms with Crippen LogP contribution >= 0.6 is 0 Å². The number of pyridine rings is 1. The second-order valence-corrected chi connectivity index (χ2v) is 7.40. The van der Waals surface area contributed by atoms with Crippen molar-refractivity contribution in [1.29, 1.82) is 0 Å². The Morgan fingerprint density at radius 2 is 2.07 bits per heavy atom. The Bertz CT molecular complexity index is 1000. The molecule has 1 aromatic carbocycles. The molecule has 7 heteroatoms. The zero-order valence-electron chi connectivity index (χ0n) is 17.0. The van der Waals surface area contributed by atoms with Gasteiger partial charge in [-0.2, -0.15) is 0 Å². The van der Waals surface area contributed by atoms with Gasteiger partial charge in [-0.25, -0.2) is 0 Å². The molecule has 1 amide bonds. The molecule has 2 aromatic heterocycles. The van der Waals surface area contributed by atoms with Crippen molar-refractivity contribution in [3.05, 3.63) is 53.7 Å². The lowest BCUT2D eigenvalue weighted by atomic mass is 9.97. The third-order valence-electron chi connectivity index (χ3n) is 5.41. The molecule has 3 aromatic rings. The first-order valence-electron chi connectivity index (χ1n) is 10.2. The monoisotopic (exact) mass is 393 g/mol. The highest BCUT2D eigenvalue weighted by molar-refractivity contribution is 5.79. The number of aromatic nitrogens is 3. The van der Waals surface area contributed by atoms with Crippen molar-refractivity contribution in [1.82, 2.24) is 19.9 Å². The highest BCUT2D eigenvalue weighted by Crippen LogP contribution is 2.24. The summed E-state index contributed by atoms with van der Waals surface area (Å²) in [5.74, 6) is 1.65. The van der Waals surface area contributed by atoms with Gasteiger partial charge in [0.15, 0.2) is 5.65 Å². The summed E-state index contributed by atoms with van der Waals surface area (Å²) < 4.78 is 7.71. The van der Waals surface area contributed by atoms with Crippen LogP contribution in [-0.2, 0) is 11.3 Å². The number of amides is 1. The summed E-state index contributed by atoms with van der Waals surface area (Å²) in [5, 5.41) is 11.8. The summed E-state index contributed by atoms with van der Waals surface area (Å²) >= 11 is 0. The Hall–Kier alpha value is -3.09. The van der Waals surface area contributed by atoms with Gasteiger partial charge < -0.3 is 15.0 Å². The molecule has 1 unspecified atom stereocenters. The number of rotatable bonds is 6. The number of nitrogens with zero attached hydrogens (tertiary/aromatic N) is 4. The Balaban J connectivity index is 1.44. The molecule has 1 saturated heterocycles. The SMILES string of the molecule is CCOc1ccccc1CNC(=O)C1CCCN(c2nnc3cccc(C)n23)C1. The average Bonchev–Trinajstić information content (AvgIpc) is 3.19. The molecule has 0 radical (unpaired) electrons. The zero-order chi connectivity index (χ0) is 20.2. The van der Waals surface area contributed by atoms with E-state index in [1.54, 1.807) is 0 Å². The van der Waals surface area contributed by atoms with E-state index < -0.39 is 0 Å². The van der Waals surface area contributed by atoms with E-state index in [9.17, 15) is 4.79 Å². The normalized spacial score (nSPS) is 16.8. The largest absolute Gasteiger partial charge is 0.494 e. The molecule has 0 aliphatic carbocycles. The fourth-order valence-electron chi connectivity index (χ4n) is 3.93. The van der Waals surface area contributed by atoms with Crippen LogP contribution in [0.3, 0.4) is 0 Å². The summed E-state index contributed by atoms with van der Waals surface area (Å²) in [6.45, 7) is 6.61.